The van der Waals surface area contributed by atoms with Crippen LogP contribution in [0.4, 0.5) is 0 Å². The molecule has 29 heavy (non-hydrogen) atoms. The summed E-state index contributed by atoms with van der Waals surface area (Å²) in [5, 5.41) is 2.65. The zero-order chi connectivity index (χ0) is 21.4. The average molecular weight is 400 g/mol. The van der Waals surface area contributed by atoms with Crippen molar-refractivity contribution in [2.45, 2.75) is 40.2 Å². The molecule has 7 nitrogen and oxygen atoms in total. The van der Waals surface area contributed by atoms with E-state index >= 15 is 0 Å². The maximum absolute atomic E-state index is 12.4. The number of benzene rings is 1. The number of carbonyl (C=O) groups excluding carboxylic acids is 3. The van der Waals surface area contributed by atoms with Crippen molar-refractivity contribution in [3.63, 3.8) is 0 Å². The molecule has 1 heterocycles. The summed E-state index contributed by atoms with van der Waals surface area (Å²) in [6.45, 7) is 6.57. The molecule has 0 aliphatic carbocycles. The molecule has 1 amide bonds. The van der Waals surface area contributed by atoms with Gasteiger partial charge in [0.05, 0.1) is 19.1 Å². The van der Waals surface area contributed by atoms with E-state index in [1.807, 2.05) is 19.9 Å². The molecular formula is C22H28N2O5. The van der Waals surface area contributed by atoms with E-state index in [-0.39, 0.29) is 31.3 Å². The smallest absolute Gasteiger partial charge is 0.308 e. The number of aromatic nitrogens is 1. The van der Waals surface area contributed by atoms with Crippen LogP contribution in [-0.2, 0) is 16.1 Å². The van der Waals surface area contributed by atoms with Gasteiger partial charge in [-0.15, -0.1) is 0 Å². The Kier molecular flexibility index (Phi) is 8.00. The van der Waals surface area contributed by atoms with Crippen LogP contribution in [-0.4, -0.2) is 42.5 Å². The van der Waals surface area contributed by atoms with E-state index in [4.69, 9.17) is 9.47 Å². The lowest BCUT2D eigenvalue weighted by molar-refractivity contribution is -0.142. The van der Waals surface area contributed by atoms with Crippen LogP contribution < -0.4 is 10.1 Å². The zero-order valence-electron chi connectivity index (χ0n) is 17.4. The van der Waals surface area contributed by atoms with Gasteiger partial charge in [-0.2, -0.15) is 0 Å². The number of hydrogen-bond acceptors (Lipinski definition) is 5. The summed E-state index contributed by atoms with van der Waals surface area (Å²) >= 11 is 0. The van der Waals surface area contributed by atoms with Crippen molar-refractivity contribution in [2.75, 3.05) is 20.3 Å². The van der Waals surface area contributed by atoms with Crippen molar-refractivity contribution >= 4 is 17.7 Å². The number of methoxy groups -OCH3 is 1. The van der Waals surface area contributed by atoms with Crippen molar-refractivity contribution < 1.29 is 23.9 Å². The minimum absolute atomic E-state index is 0.0248. The molecule has 0 atom stereocenters. The number of nitrogens with one attached hydrogen (secondary N) is 1. The molecule has 156 valence electrons. The number of Topliss-reactive ketones (excluding diaryl/α,β-unsaturated/α-hetero) is 1. The first-order chi connectivity index (χ1) is 13.9. The Hall–Kier alpha value is -3.09. The molecular weight excluding hydrogens is 372 g/mol. The van der Waals surface area contributed by atoms with Crippen molar-refractivity contribution in [2.24, 2.45) is 0 Å². The van der Waals surface area contributed by atoms with Gasteiger partial charge in [-0.3, -0.25) is 14.4 Å². The minimum Gasteiger partial charge on any atom is -0.496 e. The third-order valence-corrected chi connectivity index (χ3v) is 4.65. The molecule has 0 saturated carbocycles. The lowest BCUT2D eigenvalue weighted by atomic mass is 10.1. The number of hydrogen-bond donors (Lipinski definition) is 1. The normalized spacial score (nSPS) is 10.5. The molecule has 2 rings (SSSR count). The second-order valence-corrected chi connectivity index (χ2v) is 6.73. The number of amides is 1. The molecule has 2 aromatic rings. The van der Waals surface area contributed by atoms with Crippen LogP contribution in [0.5, 0.6) is 5.75 Å². The van der Waals surface area contributed by atoms with Gasteiger partial charge < -0.3 is 19.4 Å². The van der Waals surface area contributed by atoms with Crippen molar-refractivity contribution in [1.82, 2.24) is 9.88 Å². The molecule has 0 aliphatic heterocycles. The average Bonchev–Trinajstić information content (AvgIpc) is 3.00. The topological polar surface area (TPSA) is 86.6 Å². The first kappa shape index (κ1) is 22.2. The molecule has 0 radical (unpaired) electrons. The van der Waals surface area contributed by atoms with Crippen LogP contribution in [0.3, 0.4) is 0 Å². The summed E-state index contributed by atoms with van der Waals surface area (Å²) in [7, 11) is 1.49. The van der Waals surface area contributed by atoms with Gasteiger partial charge in [-0.05, 0) is 38.5 Å². The fourth-order valence-corrected chi connectivity index (χ4v) is 3.15. The number of rotatable bonds is 10. The number of esters is 1. The highest BCUT2D eigenvalue weighted by Gasteiger charge is 2.17. The Morgan fingerprint density at radius 1 is 1.10 bits per heavy atom. The van der Waals surface area contributed by atoms with Gasteiger partial charge in [-0.25, -0.2) is 0 Å². The molecule has 0 aliphatic rings. The van der Waals surface area contributed by atoms with Gasteiger partial charge in [0.15, 0.2) is 6.61 Å². The number of aryl methyl sites for hydroxylation is 1. The van der Waals surface area contributed by atoms with Crippen molar-refractivity contribution in [1.29, 1.82) is 0 Å². The predicted octanol–water partition coefficient (Wildman–Crippen LogP) is 3.07. The molecule has 1 N–H and O–H groups in total. The van der Waals surface area contributed by atoms with E-state index in [0.29, 0.717) is 16.9 Å². The molecule has 1 aromatic heterocycles. The summed E-state index contributed by atoms with van der Waals surface area (Å²) in [5.74, 6) is -0.651. The molecule has 0 unspecified atom stereocenters. The van der Waals surface area contributed by atoms with Gasteiger partial charge in [0.2, 0.25) is 5.78 Å². The molecule has 7 heteroatoms. The standard InChI is InChI=1S/C22H28N2O5/c1-5-12-24-15(2)13-18(16(24)3)19(25)14-29-21(26)10-11-23-22(27)17-8-6-7-9-20(17)28-4/h6-9,13H,5,10-12,14H2,1-4H3,(H,23,27). The predicted molar refractivity (Wildman–Crippen MR) is 109 cm³/mol. The summed E-state index contributed by atoms with van der Waals surface area (Å²) in [4.78, 5) is 36.5. The van der Waals surface area contributed by atoms with Gasteiger partial charge in [-0.1, -0.05) is 19.1 Å². The zero-order valence-corrected chi connectivity index (χ0v) is 17.4. The van der Waals surface area contributed by atoms with Gasteiger partial charge in [0, 0.05) is 30.0 Å². The third-order valence-electron chi connectivity index (χ3n) is 4.65. The number of para-hydroxylation sites is 1. The third kappa shape index (κ3) is 5.70. The highest BCUT2D eigenvalue weighted by atomic mass is 16.5. The highest BCUT2D eigenvalue weighted by molar-refractivity contribution is 5.99. The van der Waals surface area contributed by atoms with Crippen LogP contribution in [0.15, 0.2) is 30.3 Å². The maximum atomic E-state index is 12.4. The molecule has 0 fully saturated rings. The fraction of sp³-hybridized carbons (Fsp3) is 0.409. The molecule has 0 saturated heterocycles. The van der Waals surface area contributed by atoms with Crippen LogP contribution in [0.2, 0.25) is 0 Å². The lowest BCUT2D eigenvalue weighted by Gasteiger charge is -2.09. The maximum Gasteiger partial charge on any atom is 0.308 e. The SMILES string of the molecule is CCCn1c(C)cc(C(=O)COC(=O)CCNC(=O)c2ccccc2OC)c1C. The number of nitrogens with zero attached hydrogens (tertiary/aromatic N) is 1. The van der Waals surface area contributed by atoms with Gasteiger partial charge in [0.1, 0.15) is 5.75 Å². The van der Waals surface area contributed by atoms with Crippen LogP contribution in [0.1, 0.15) is 51.9 Å². The Morgan fingerprint density at radius 3 is 2.52 bits per heavy atom. The van der Waals surface area contributed by atoms with E-state index in [0.717, 1.165) is 24.4 Å². The second-order valence-electron chi connectivity index (χ2n) is 6.73. The monoisotopic (exact) mass is 400 g/mol. The van der Waals surface area contributed by atoms with Crippen molar-refractivity contribution in [3.8, 4) is 5.75 Å². The van der Waals surface area contributed by atoms with E-state index < -0.39 is 5.97 Å². The van der Waals surface area contributed by atoms with E-state index in [1.54, 1.807) is 24.3 Å². The quantitative estimate of drug-likeness (QED) is 0.489. The minimum atomic E-state index is -0.541. The Morgan fingerprint density at radius 2 is 1.83 bits per heavy atom. The van der Waals surface area contributed by atoms with Crippen LogP contribution in [0, 0.1) is 13.8 Å². The highest BCUT2D eigenvalue weighted by Crippen LogP contribution is 2.17. The van der Waals surface area contributed by atoms with E-state index in [1.165, 1.54) is 7.11 Å². The molecule has 1 aromatic carbocycles. The largest absolute Gasteiger partial charge is 0.496 e. The Bertz CT molecular complexity index is 885. The Balaban J connectivity index is 1.81. The second kappa shape index (κ2) is 10.5. The first-order valence-corrected chi connectivity index (χ1v) is 9.65. The Labute approximate surface area is 171 Å². The fourth-order valence-electron chi connectivity index (χ4n) is 3.15. The van der Waals surface area contributed by atoms with Crippen molar-refractivity contribution in [3.05, 3.63) is 52.8 Å². The van der Waals surface area contributed by atoms with Gasteiger partial charge >= 0.3 is 5.97 Å². The van der Waals surface area contributed by atoms with Crippen LogP contribution >= 0.6 is 0 Å². The number of ether oxygens (including phenoxy) is 2. The lowest BCUT2D eigenvalue weighted by Crippen LogP contribution is -2.27. The first-order valence-electron chi connectivity index (χ1n) is 9.65. The van der Waals surface area contributed by atoms with E-state index in [2.05, 4.69) is 16.8 Å². The van der Waals surface area contributed by atoms with E-state index in [9.17, 15) is 14.4 Å². The summed E-state index contributed by atoms with van der Waals surface area (Å²) in [5.41, 5.74) is 2.86. The molecule has 0 bridgehead atoms. The summed E-state index contributed by atoms with van der Waals surface area (Å²) < 4.78 is 12.3. The summed E-state index contributed by atoms with van der Waals surface area (Å²) in [6.07, 6.45) is 0.947. The number of carbonyl (C=O) groups is 3. The van der Waals surface area contributed by atoms with Crippen LogP contribution in [0.25, 0.3) is 0 Å². The summed E-state index contributed by atoms with van der Waals surface area (Å²) in [6, 6.07) is 8.65. The number of ketones is 1. The molecule has 0 spiro atoms. The van der Waals surface area contributed by atoms with Gasteiger partial charge in [0.25, 0.3) is 5.91 Å².